The number of carbonyl (C=O) groups excluding carboxylic acids is 1. The van der Waals surface area contributed by atoms with Crippen molar-refractivity contribution in [2.24, 2.45) is 0 Å². The molecule has 0 bridgehead atoms. The topological polar surface area (TPSA) is 57.8 Å². The summed E-state index contributed by atoms with van der Waals surface area (Å²) in [5, 5.41) is 4.79. The molecule has 1 aliphatic rings. The minimum atomic E-state index is -0.608. The van der Waals surface area contributed by atoms with Crippen molar-refractivity contribution in [1.82, 2.24) is 9.97 Å². The number of para-hydroxylation sites is 1. The van der Waals surface area contributed by atoms with Crippen molar-refractivity contribution >= 4 is 33.4 Å². The van der Waals surface area contributed by atoms with Crippen LogP contribution in [0.5, 0.6) is 0 Å². The quantitative estimate of drug-likeness (QED) is 0.573. The molecule has 5 rings (SSSR count). The van der Waals surface area contributed by atoms with Crippen molar-refractivity contribution in [1.29, 1.82) is 0 Å². The molecule has 0 spiro atoms. The lowest BCUT2D eigenvalue weighted by Gasteiger charge is -2.16. The first-order chi connectivity index (χ1) is 12.7. The molecular weight excluding hydrogens is 329 g/mol. The van der Waals surface area contributed by atoms with E-state index >= 15 is 0 Å². The molecule has 1 saturated carbocycles. The fraction of sp³-hybridized carbons (Fsp3) is 0.143. The van der Waals surface area contributed by atoms with Crippen LogP contribution >= 0.6 is 0 Å². The summed E-state index contributed by atoms with van der Waals surface area (Å²) >= 11 is 0. The number of carbonyl (C=O) groups is 1. The number of nitrogens with zero attached hydrogens (tertiary/aromatic N) is 1. The Bertz CT molecular complexity index is 1160. The molecule has 0 saturated heterocycles. The molecule has 0 atom stereocenters. The minimum Gasteiger partial charge on any atom is -0.361 e. The molecule has 2 aromatic carbocycles. The fourth-order valence-electron chi connectivity index (χ4n) is 3.68. The zero-order valence-electron chi connectivity index (χ0n) is 13.9. The van der Waals surface area contributed by atoms with E-state index in [1.54, 1.807) is 12.3 Å². The third kappa shape index (κ3) is 2.20. The van der Waals surface area contributed by atoms with Crippen LogP contribution in [0, 0.1) is 5.82 Å². The third-order valence-electron chi connectivity index (χ3n) is 5.22. The van der Waals surface area contributed by atoms with Crippen LogP contribution in [0.3, 0.4) is 0 Å². The lowest BCUT2D eigenvalue weighted by atomic mass is 9.94. The second-order valence-electron chi connectivity index (χ2n) is 6.81. The summed E-state index contributed by atoms with van der Waals surface area (Å²) in [5.41, 5.74) is 2.56. The first-order valence-electron chi connectivity index (χ1n) is 8.60. The van der Waals surface area contributed by atoms with Gasteiger partial charge in [-0.25, -0.2) is 4.39 Å². The van der Waals surface area contributed by atoms with Crippen molar-refractivity contribution in [3.8, 4) is 0 Å². The van der Waals surface area contributed by atoms with Crippen molar-refractivity contribution in [3.05, 3.63) is 72.3 Å². The average molecular weight is 345 g/mol. The number of H-pyrrole nitrogens is 1. The SMILES string of the molecule is O=C(Nc1cccc2cccnc12)C1(c2c[nH]c3ccc(F)cc23)CC1. The molecule has 2 aromatic heterocycles. The summed E-state index contributed by atoms with van der Waals surface area (Å²) in [7, 11) is 0. The number of hydrogen-bond acceptors (Lipinski definition) is 2. The normalized spacial score (nSPS) is 15.3. The lowest BCUT2D eigenvalue weighted by Crippen LogP contribution is -2.27. The number of nitrogens with one attached hydrogen (secondary N) is 2. The van der Waals surface area contributed by atoms with E-state index in [0.717, 1.165) is 40.2 Å². The van der Waals surface area contributed by atoms with Crippen LogP contribution in [0.2, 0.25) is 0 Å². The van der Waals surface area contributed by atoms with Crippen molar-refractivity contribution < 1.29 is 9.18 Å². The van der Waals surface area contributed by atoms with Crippen LogP contribution in [-0.4, -0.2) is 15.9 Å². The van der Waals surface area contributed by atoms with Gasteiger partial charge in [-0.3, -0.25) is 9.78 Å². The highest BCUT2D eigenvalue weighted by molar-refractivity contribution is 6.08. The van der Waals surface area contributed by atoms with Gasteiger partial charge in [0.2, 0.25) is 5.91 Å². The van der Waals surface area contributed by atoms with Crippen LogP contribution < -0.4 is 5.32 Å². The number of anilines is 1. The Morgan fingerprint density at radius 1 is 1.15 bits per heavy atom. The molecule has 1 fully saturated rings. The van der Waals surface area contributed by atoms with Crippen molar-refractivity contribution in [2.75, 3.05) is 5.32 Å². The fourth-order valence-corrected chi connectivity index (χ4v) is 3.68. The van der Waals surface area contributed by atoms with E-state index in [0.29, 0.717) is 5.69 Å². The number of aromatic amines is 1. The minimum absolute atomic E-state index is 0.0687. The zero-order chi connectivity index (χ0) is 17.7. The van der Waals surface area contributed by atoms with Gasteiger partial charge in [-0.2, -0.15) is 0 Å². The number of halogens is 1. The van der Waals surface area contributed by atoms with Crippen LogP contribution in [-0.2, 0) is 10.2 Å². The van der Waals surface area contributed by atoms with Crippen molar-refractivity contribution in [2.45, 2.75) is 18.3 Å². The molecule has 128 valence electrons. The molecule has 0 radical (unpaired) electrons. The van der Waals surface area contributed by atoms with E-state index in [-0.39, 0.29) is 11.7 Å². The predicted octanol–water partition coefficient (Wildman–Crippen LogP) is 4.53. The standard InChI is InChI=1S/C21H16FN3O/c22-14-6-7-17-15(11-14)16(12-24-17)21(8-9-21)20(26)25-18-5-1-3-13-4-2-10-23-19(13)18/h1-7,10-12,24H,8-9H2,(H,25,26). The van der Waals surface area contributed by atoms with E-state index in [9.17, 15) is 9.18 Å². The number of hydrogen-bond donors (Lipinski definition) is 2. The first kappa shape index (κ1) is 15.1. The first-order valence-corrected chi connectivity index (χ1v) is 8.60. The Balaban J connectivity index is 1.54. The third-order valence-corrected chi connectivity index (χ3v) is 5.22. The molecule has 5 heteroatoms. The summed E-state index contributed by atoms with van der Waals surface area (Å²) in [6.07, 6.45) is 5.05. The lowest BCUT2D eigenvalue weighted by molar-refractivity contribution is -0.118. The summed E-state index contributed by atoms with van der Waals surface area (Å²) in [5.74, 6) is -0.367. The monoisotopic (exact) mass is 345 g/mol. The van der Waals surface area contributed by atoms with Gasteiger partial charge in [0.1, 0.15) is 5.82 Å². The zero-order valence-corrected chi connectivity index (χ0v) is 13.9. The van der Waals surface area contributed by atoms with E-state index in [1.807, 2.05) is 36.5 Å². The van der Waals surface area contributed by atoms with Gasteiger partial charge in [0, 0.05) is 28.7 Å². The Kier molecular flexibility index (Phi) is 3.13. The Morgan fingerprint density at radius 2 is 2.00 bits per heavy atom. The van der Waals surface area contributed by atoms with Crippen LogP contribution in [0.15, 0.2) is 60.9 Å². The smallest absolute Gasteiger partial charge is 0.235 e. The second-order valence-corrected chi connectivity index (χ2v) is 6.81. The number of fused-ring (bicyclic) bond motifs is 2. The van der Waals surface area contributed by atoms with Crippen LogP contribution in [0.1, 0.15) is 18.4 Å². The summed E-state index contributed by atoms with van der Waals surface area (Å²) in [6.45, 7) is 0. The van der Waals surface area contributed by atoms with Gasteiger partial charge in [-0.15, -0.1) is 0 Å². The van der Waals surface area contributed by atoms with Crippen LogP contribution in [0.4, 0.5) is 10.1 Å². The van der Waals surface area contributed by atoms with E-state index in [1.165, 1.54) is 12.1 Å². The Labute approximate surface area is 149 Å². The predicted molar refractivity (Wildman–Crippen MR) is 99.5 cm³/mol. The molecule has 0 aliphatic heterocycles. The molecule has 1 amide bonds. The van der Waals surface area contributed by atoms with Crippen LogP contribution in [0.25, 0.3) is 21.8 Å². The summed E-state index contributed by atoms with van der Waals surface area (Å²) < 4.78 is 13.7. The average Bonchev–Trinajstić information content (AvgIpc) is 3.36. The molecule has 26 heavy (non-hydrogen) atoms. The highest BCUT2D eigenvalue weighted by atomic mass is 19.1. The molecule has 1 aliphatic carbocycles. The van der Waals surface area contributed by atoms with Gasteiger partial charge in [0.05, 0.1) is 16.6 Å². The van der Waals surface area contributed by atoms with Gasteiger partial charge in [-0.1, -0.05) is 18.2 Å². The number of rotatable bonds is 3. The number of aromatic nitrogens is 2. The van der Waals surface area contributed by atoms with E-state index in [4.69, 9.17) is 0 Å². The van der Waals surface area contributed by atoms with E-state index in [2.05, 4.69) is 15.3 Å². The maximum Gasteiger partial charge on any atom is 0.235 e. The number of amides is 1. The van der Waals surface area contributed by atoms with Crippen molar-refractivity contribution in [3.63, 3.8) is 0 Å². The van der Waals surface area contributed by atoms with Gasteiger partial charge in [-0.05, 0) is 48.7 Å². The summed E-state index contributed by atoms with van der Waals surface area (Å²) in [6, 6.07) is 14.2. The number of pyridine rings is 1. The molecule has 2 heterocycles. The molecule has 4 nitrogen and oxygen atoms in total. The molecule has 0 unspecified atom stereocenters. The second kappa shape index (κ2) is 5.39. The maximum atomic E-state index is 13.7. The maximum absolute atomic E-state index is 13.7. The Morgan fingerprint density at radius 3 is 2.85 bits per heavy atom. The highest BCUT2D eigenvalue weighted by Gasteiger charge is 2.52. The van der Waals surface area contributed by atoms with Gasteiger partial charge in [0.15, 0.2) is 0 Å². The largest absolute Gasteiger partial charge is 0.361 e. The number of benzene rings is 2. The summed E-state index contributed by atoms with van der Waals surface area (Å²) in [4.78, 5) is 20.7. The van der Waals surface area contributed by atoms with Gasteiger partial charge < -0.3 is 10.3 Å². The van der Waals surface area contributed by atoms with Gasteiger partial charge >= 0.3 is 0 Å². The molecule has 2 N–H and O–H groups in total. The van der Waals surface area contributed by atoms with E-state index < -0.39 is 5.41 Å². The Hall–Kier alpha value is -3.21. The molecular formula is C21H16FN3O. The molecule has 4 aromatic rings. The highest BCUT2D eigenvalue weighted by Crippen LogP contribution is 2.51. The van der Waals surface area contributed by atoms with Gasteiger partial charge in [0.25, 0.3) is 0 Å².